The molecule has 0 unspecified atom stereocenters. The number of aryl methyl sites for hydroxylation is 1. The van der Waals surface area contributed by atoms with Crippen molar-refractivity contribution in [2.24, 2.45) is 0 Å². The summed E-state index contributed by atoms with van der Waals surface area (Å²) in [6.45, 7) is 5.90. The van der Waals surface area contributed by atoms with Crippen molar-refractivity contribution in [3.8, 4) is 11.5 Å². The summed E-state index contributed by atoms with van der Waals surface area (Å²) in [5, 5.41) is 4.66. The maximum absolute atomic E-state index is 13.7. The molecule has 1 aliphatic heterocycles. The molecule has 1 saturated heterocycles. The zero-order chi connectivity index (χ0) is 35.8. The number of anilines is 3. The first-order valence-electron chi connectivity index (χ1n) is 16.9. The second-order valence-electron chi connectivity index (χ2n) is 12.8. The van der Waals surface area contributed by atoms with E-state index < -0.39 is 0 Å². The highest BCUT2D eigenvalue weighted by Gasteiger charge is 2.22. The number of likely N-dealkylation sites (N-methyl/N-ethyl adjacent to an activating group) is 1. The van der Waals surface area contributed by atoms with Gasteiger partial charge in [-0.15, -0.1) is 24.8 Å². The van der Waals surface area contributed by atoms with Crippen molar-refractivity contribution in [3.63, 3.8) is 0 Å². The second-order valence-corrected chi connectivity index (χ2v) is 12.8. The molecule has 52 heavy (non-hydrogen) atoms. The fraction of sp³-hybridized carbons (Fsp3) is 0.405. The number of benzene rings is 3. The maximum atomic E-state index is 13.7. The van der Waals surface area contributed by atoms with Crippen LogP contribution < -0.4 is 25.1 Å². The molecule has 0 aliphatic carbocycles. The number of para-hydroxylation sites is 1. The predicted octanol–water partition coefficient (Wildman–Crippen LogP) is 5.85. The number of hydrazine groups is 1. The number of fused-ring (bicyclic) bond motifs is 1. The Balaban J connectivity index is 0.00000364. The van der Waals surface area contributed by atoms with E-state index in [0.717, 1.165) is 51.0 Å². The average Bonchev–Trinajstić information content (AvgIpc) is 3.51. The molecule has 4 aromatic rings. The third-order valence-electron chi connectivity index (χ3n) is 8.71. The highest BCUT2D eigenvalue weighted by molar-refractivity contribution is 6.13. The first kappa shape index (κ1) is 41.9. The molecule has 3 amide bonds. The van der Waals surface area contributed by atoms with Crippen LogP contribution in [0.2, 0.25) is 0 Å². The number of halogens is 2. The summed E-state index contributed by atoms with van der Waals surface area (Å²) in [7, 11) is 8.97. The number of aromatic nitrogens is 2. The van der Waals surface area contributed by atoms with Gasteiger partial charge in [0, 0.05) is 59.3 Å². The molecule has 3 aromatic carbocycles. The number of unbranched alkanes of at least 4 members (excludes halogenated alkanes) is 2. The number of ether oxygens (including phenoxy) is 2. The minimum atomic E-state index is -0.365. The molecule has 15 heteroatoms. The third kappa shape index (κ3) is 10.5. The van der Waals surface area contributed by atoms with Crippen LogP contribution in [0.15, 0.2) is 54.6 Å². The molecule has 0 atom stereocenters. The summed E-state index contributed by atoms with van der Waals surface area (Å²) in [6, 6.07) is 16.0. The molecule has 1 fully saturated rings. The molecule has 0 radical (unpaired) electrons. The van der Waals surface area contributed by atoms with E-state index in [1.807, 2.05) is 50.2 Å². The van der Waals surface area contributed by atoms with E-state index >= 15 is 0 Å². The molecule has 13 nitrogen and oxygen atoms in total. The van der Waals surface area contributed by atoms with Crippen LogP contribution in [0.25, 0.3) is 11.0 Å². The smallest absolute Gasteiger partial charge is 0.258 e. The second kappa shape index (κ2) is 19.3. The van der Waals surface area contributed by atoms with Crippen molar-refractivity contribution in [1.82, 2.24) is 24.8 Å². The van der Waals surface area contributed by atoms with E-state index in [1.54, 1.807) is 47.3 Å². The van der Waals surface area contributed by atoms with Crippen molar-refractivity contribution in [2.75, 3.05) is 83.7 Å². The Morgan fingerprint density at radius 1 is 0.923 bits per heavy atom. The van der Waals surface area contributed by atoms with Gasteiger partial charge in [-0.3, -0.25) is 19.8 Å². The standard InChI is InChI=1S/C37H48N8O5.2ClH/c1-25-14-17-30(32(23-25)50-22-9-7-8-13-33(46)45-20-18-43(4)19-21-45)44(5)36(48)26-15-16-28(31(24-26)49-6)38-35(47)27-11-10-12-29-34(27)40-37(39-29)41-42(2)3;;/h10-12,14-17,23-24H,7-9,13,18-22H2,1-6H3,(H,38,47)(H2,39,40,41);2*1H. The lowest BCUT2D eigenvalue weighted by molar-refractivity contribution is -0.132. The lowest BCUT2D eigenvalue weighted by Crippen LogP contribution is -2.47. The third-order valence-corrected chi connectivity index (χ3v) is 8.71. The van der Waals surface area contributed by atoms with Crippen LogP contribution in [0.4, 0.5) is 17.3 Å². The molecule has 5 rings (SSSR count). The van der Waals surface area contributed by atoms with Crippen molar-refractivity contribution in [2.45, 2.75) is 32.6 Å². The van der Waals surface area contributed by atoms with Gasteiger partial charge < -0.3 is 34.5 Å². The zero-order valence-electron chi connectivity index (χ0n) is 30.7. The quantitative estimate of drug-likeness (QED) is 0.107. The van der Waals surface area contributed by atoms with Crippen LogP contribution >= 0.6 is 24.8 Å². The Labute approximate surface area is 317 Å². The molecule has 0 bridgehead atoms. The predicted molar refractivity (Wildman–Crippen MR) is 211 cm³/mol. The van der Waals surface area contributed by atoms with E-state index in [1.165, 1.54) is 7.11 Å². The Morgan fingerprint density at radius 2 is 1.67 bits per heavy atom. The number of amides is 3. The van der Waals surface area contributed by atoms with Gasteiger partial charge in [-0.05, 0) is 81.3 Å². The molecule has 282 valence electrons. The van der Waals surface area contributed by atoms with E-state index in [0.29, 0.717) is 64.0 Å². The number of carbonyl (C=O) groups is 3. The van der Waals surface area contributed by atoms with Gasteiger partial charge in [-0.1, -0.05) is 12.1 Å². The van der Waals surface area contributed by atoms with Crippen LogP contribution in [0.3, 0.4) is 0 Å². The fourth-order valence-electron chi connectivity index (χ4n) is 5.87. The van der Waals surface area contributed by atoms with Gasteiger partial charge >= 0.3 is 0 Å². The van der Waals surface area contributed by atoms with Crippen molar-refractivity contribution >= 4 is 70.9 Å². The monoisotopic (exact) mass is 756 g/mol. The number of rotatable bonds is 14. The summed E-state index contributed by atoms with van der Waals surface area (Å²) < 4.78 is 11.8. The molecular weight excluding hydrogens is 707 g/mol. The van der Waals surface area contributed by atoms with E-state index in [4.69, 9.17) is 9.47 Å². The van der Waals surface area contributed by atoms with Gasteiger partial charge in [0.05, 0.1) is 36.2 Å². The number of carbonyl (C=O) groups excluding carboxylic acids is 3. The van der Waals surface area contributed by atoms with Crippen LogP contribution in [0.1, 0.15) is 52.0 Å². The van der Waals surface area contributed by atoms with E-state index in [2.05, 4.69) is 32.7 Å². The SMILES string of the molecule is COc1cc(C(=O)N(C)c2ccc(C)cc2OCCCCCC(=O)N2CCN(C)CC2)ccc1NC(=O)c1cccc2[nH]c(NN(C)C)nc12.Cl.Cl. The summed E-state index contributed by atoms with van der Waals surface area (Å²) in [5.41, 5.74) is 7.13. The van der Waals surface area contributed by atoms with Gasteiger partial charge in [0.15, 0.2) is 0 Å². The molecule has 0 saturated carbocycles. The number of nitrogens with one attached hydrogen (secondary N) is 3. The minimum absolute atomic E-state index is 0. The normalized spacial score (nSPS) is 12.9. The number of hydrogen-bond donors (Lipinski definition) is 3. The van der Waals surface area contributed by atoms with Crippen LogP contribution in [-0.4, -0.2) is 111 Å². The average molecular weight is 758 g/mol. The van der Waals surface area contributed by atoms with Crippen LogP contribution in [0.5, 0.6) is 11.5 Å². The van der Waals surface area contributed by atoms with Gasteiger partial charge in [0.2, 0.25) is 11.9 Å². The minimum Gasteiger partial charge on any atom is -0.495 e. The van der Waals surface area contributed by atoms with Gasteiger partial charge in [0.1, 0.15) is 17.0 Å². The van der Waals surface area contributed by atoms with Gasteiger partial charge in [0.25, 0.3) is 11.8 Å². The topological polar surface area (TPSA) is 135 Å². The number of methoxy groups -OCH3 is 1. The largest absolute Gasteiger partial charge is 0.495 e. The Bertz CT molecular complexity index is 1830. The van der Waals surface area contributed by atoms with Crippen molar-refractivity contribution in [1.29, 1.82) is 0 Å². The zero-order valence-corrected chi connectivity index (χ0v) is 32.3. The van der Waals surface area contributed by atoms with E-state index in [-0.39, 0.29) is 42.5 Å². The Hall–Kier alpha value is -4.56. The number of H-pyrrole nitrogens is 1. The summed E-state index contributed by atoms with van der Waals surface area (Å²) in [5.74, 6) is 1.07. The fourth-order valence-corrected chi connectivity index (χ4v) is 5.87. The number of nitrogens with zero attached hydrogens (tertiary/aromatic N) is 5. The molecule has 1 aliphatic rings. The lowest BCUT2D eigenvalue weighted by atomic mass is 10.1. The molecule has 2 heterocycles. The lowest BCUT2D eigenvalue weighted by Gasteiger charge is -2.32. The van der Waals surface area contributed by atoms with Gasteiger partial charge in [-0.2, -0.15) is 0 Å². The number of imidazole rings is 1. The first-order valence-corrected chi connectivity index (χ1v) is 16.9. The van der Waals surface area contributed by atoms with Gasteiger partial charge in [-0.25, -0.2) is 9.99 Å². The molecule has 3 N–H and O–H groups in total. The first-order chi connectivity index (χ1) is 24.0. The molecule has 0 spiro atoms. The highest BCUT2D eigenvalue weighted by atomic mass is 35.5. The Morgan fingerprint density at radius 3 is 2.38 bits per heavy atom. The number of piperazine rings is 1. The summed E-state index contributed by atoms with van der Waals surface area (Å²) in [4.78, 5) is 53.1. The van der Waals surface area contributed by atoms with Crippen molar-refractivity contribution < 1.29 is 23.9 Å². The molecular formula is C37H50Cl2N8O5. The highest BCUT2D eigenvalue weighted by Crippen LogP contribution is 2.32. The summed E-state index contributed by atoms with van der Waals surface area (Å²) >= 11 is 0. The number of hydrogen-bond acceptors (Lipinski definition) is 9. The van der Waals surface area contributed by atoms with Crippen molar-refractivity contribution in [3.05, 3.63) is 71.3 Å². The number of aromatic amines is 1. The van der Waals surface area contributed by atoms with Crippen LogP contribution in [0, 0.1) is 6.92 Å². The van der Waals surface area contributed by atoms with Crippen LogP contribution in [-0.2, 0) is 4.79 Å². The Kier molecular flexibility index (Phi) is 15.6. The molecule has 1 aromatic heterocycles. The summed E-state index contributed by atoms with van der Waals surface area (Å²) in [6.07, 6.45) is 3.05. The van der Waals surface area contributed by atoms with E-state index in [9.17, 15) is 14.4 Å². The maximum Gasteiger partial charge on any atom is 0.258 e.